The zero-order chi connectivity index (χ0) is 20.3. The minimum absolute atomic E-state index is 0.131. The molecule has 3 aromatic rings. The Morgan fingerprint density at radius 3 is 2.29 bits per heavy atom. The molecular weight excluding hydrogens is 363 g/mol. The van der Waals surface area contributed by atoms with E-state index in [-0.39, 0.29) is 30.4 Å². The number of benzene rings is 2. The number of ether oxygens (including phenoxy) is 2. The molecule has 6 nitrogen and oxygen atoms in total. The van der Waals surface area contributed by atoms with Crippen molar-refractivity contribution in [1.82, 2.24) is 9.88 Å². The van der Waals surface area contributed by atoms with Crippen LogP contribution in [0.25, 0.3) is 10.9 Å². The van der Waals surface area contributed by atoms with Crippen LogP contribution in [0.3, 0.4) is 0 Å². The van der Waals surface area contributed by atoms with Crippen LogP contribution in [0.15, 0.2) is 47.3 Å². The second-order valence-corrected chi connectivity index (χ2v) is 6.42. The van der Waals surface area contributed by atoms with Crippen molar-refractivity contribution in [2.24, 2.45) is 0 Å². The molecule has 0 aliphatic heterocycles. The summed E-state index contributed by atoms with van der Waals surface area (Å²) in [7, 11) is 3.06. The third-order valence-corrected chi connectivity index (χ3v) is 4.52. The minimum atomic E-state index is -0.339. The third kappa shape index (κ3) is 4.14. The number of rotatable bonds is 6. The van der Waals surface area contributed by atoms with Gasteiger partial charge in [0.1, 0.15) is 5.82 Å². The summed E-state index contributed by atoms with van der Waals surface area (Å²) in [5, 5.41) is 0.762. The van der Waals surface area contributed by atoms with Crippen molar-refractivity contribution in [2.75, 3.05) is 14.2 Å². The van der Waals surface area contributed by atoms with Crippen molar-refractivity contribution in [3.05, 3.63) is 69.8 Å². The monoisotopic (exact) mass is 384 g/mol. The number of carbonyl (C=O) groups excluding carboxylic acids is 1. The summed E-state index contributed by atoms with van der Waals surface area (Å²) in [5.74, 6) is 0.535. The number of H-pyrrole nitrogens is 1. The van der Waals surface area contributed by atoms with Gasteiger partial charge in [0.25, 0.3) is 5.56 Å². The molecule has 1 aromatic heterocycles. The maximum Gasteiger partial charge on any atom is 0.253 e. The van der Waals surface area contributed by atoms with Crippen molar-refractivity contribution in [3.8, 4) is 11.5 Å². The highest BCUT2D eigenvalue weighted by molar-refractivity contribution is 5.83. The zero-order valence-corrected chi connectivity index (χ0v) is 15.9. The molecule has 7 heteroatoms. The molecule has 1 N–H and O–H groups in total. The molecule has 0 fully saturated rings. The lowest BCUT2D eigenvalue weighted by atomic mass is 10.1. The molecule has 0 radical (unpaired) electrons. The molecule has 0 unspecified atom stereocenters. The van der Waals surface area contributed by atoms with Crippen LogP contribution in [0, 0.1) is 5.82 Å². The quantitative estimate of drug-likeness (QED) is 0.708. The second kappa shape index (κ2) is 8.12. The van der Waals surface area contributed by atoms with E-state index in [0.29, 0.717) is 22.6 Å². The van der Waals surface area contributed by atoms with Crippen LogP contribution >= 0.6 is 0 Å². The van der Waals surface area contributed by atoms with Gasteiger partial charge >= 0.3 is 0 Å². The molecule has 1 amide bonds. The predicted octanol–water partition coefficient (Wildman–Crippen LogP) is 3.23. The summed E-state index contributed by atoms with van der Waals surface area (Å²) in [4.78, 5) is 29.0. The number of aromatic amines is 1. The molecule has 0 saturated carbocycles. The van der Waals surface area contributed by atoms with Gasteiger partial charge in [-0.05, 0) is 29.8 Å². The van der Waals surface area contributed by atoms with Gasteiger partial charge in [0, 0.05) is 30.5 Å². The average molecular weight is 384 g/mol. The molecule has 0 aliphatic carbocycles. The van der Waals surface area contributed by atoms with E-state index in [1.54, 1.807) is 30.3 Å². The van der Waals surface area contributed by atoms with Gasteiger partial charge in [-0.2, -0.15) is 0 Å². The van der Waals surface area contributed by atoms with E-state index in [9.17, 15) is 14.0 Å². The van der Waals surface area contributed by atoms with Crippen LogP contribution in [0.4, 0.5) is 4.39 Å². The van der Waals surface area contributed by atoms with Crippen LogP contribution in [0.1, 0.15) is 18.1 Å². The number of hydrogen-bond acceptors (Lipinski definition) is 4. The van der Waals surface area contributed by atoms with Gasteiger partial charge in [0.15, 0.2) is 11.5 Å². The number of nitrogens with one attached hydrogen (secondary N) is 1. The highest BCUT2D eigenvalue weighted by Gasteiger charge is 2.15. The fourth-order valence-corrected chi connectivity index (χ4v) is 2.99. The van der Waals surface area contributed by atoms with Gasteiger partial charge in [0.05, 0.1) is 26.3 Å². The lowest BCUT2D eigenvalue weighted by Gasteiger charge is -2.21. The molecule has 0 atom stereocenters. The number of carbonyl (C=O) groups is 1. The molecule has 28 heavy (non-hydrogen) atoms. The van der Waals surface area contributed by atoms with Gasteiger partial charge in [-0.3, -0.25) is 9.59 Å². The second-order valence-electron chi connectivity index (χ2n) is 6.42. The highest BCUT2D eigenvalue weighted by Crippen LogP contribution is 2.31. The molecular formula is C21H21FN2O4. The Morgan fingerprint density at radius 2 is 1.68 bits per heavy atom. The number of hydrogen-bond donors (Lipinski definition) is 1. The van der Waals surface area contributed by atoms with Gasteiger partial charge in [-0.25, -0.2) is 4.39 Å². The Kier molecular flexibility index (Phi) is 5.63. The molecule has 0 saturated heterocycles. The van der Waals surface area contributed by atoms with E-state index >= 15 is 0 Å². The van der Waals surface area contributed by atoms with Crippen molar-refractivity contribution < 1.29 is 18.7 Å². The molecule has 0 aliphatic rings. The molecule has 2 aromatic carbocycles. The maximum absolute atomic E-state index is 13.1. The Morgan fingerprint density at radius 1 is 1.04 bits per heavy atom. The SMILES string of the molecule is COc1cc2cc(CN(Cc3ccc(F)cc3)C(C)=O)c(=O)[nH]c2cc1OC. The first-order valence-electron chi connectivity index (χ1n) is 8.69. The Hall–Kier alpha value is -3.35. The number of fused-ring (bicyclic) bond motifs is 1. The lowest BCUT2D eigenvalue weighted by molar-refractivity contribution is -0.130. The first-order valence-corrected chi connectivity index (χ1v) is 8.69. The summed E-state index contributed by atoms with van der Waals surface area (Å²) in [6.45, 7) is 1.85. The van der Waals surface area contributed by atoms with Crippen molar-refractivity contribution in [2.45, 2.75) is 20.0 Å². The molecule has 3 rings (SSSR count). The van der Waals surface area contributed by atoms with Gasteiger partial charge < -0.3 is 19.4 Å². The van der Waals surface area contributed by atoms with E-state index in [4.69, 9.17) is 9.47 Å². The number of methoxy groups -OCH3 is 2. The zero-order valence-electron chi connectivity index (χ0n) is 15.9. The van der Waals surface area contributed by atoms with E-state index in [1.165, 1.54) is 38.2 Å². The third-order valence-electron chi connectivity index (χ3n) is 4.52. The first-order chi connectivity index (χ1) is 13.4. The summed E-state index contributed by atoms with van der Waals surface area (Å²) >= 11 is 0. The van der Waals surface area contributed by atoms with Crippen LogP contribution in [0.5, 0.6) is 11.5 Å². The predicted molar refractivity (Wildman–Crippen MR) is 104 cm³/mol. The smallest absolute Gasteiger partial charge is 0.253 e. The highest BCUT2D eigenvalue weighted by atomic mass is 19.1. The molecule has 0 spiro atoms. The van der Waals surface area contributed by atoms with Crippen molar-refractivity contribution >= 4 is 16.8 Å². The topological polar surface area (TPSA) is 71.6 Å². The largest absolute Gasteiger partial charge is 0.493 e. The van der Waals surface area contributed by atoms with Crippen LogP contribution < -0.4 is 15.0 Å². The van der Waals surface area contributed by atoms with Gasteiger partial charge in [0.2, 0.25) is 5.91 Å². The fraction of sp³-hybridized carbons (Fsp3) is 0.238. The van der Waals surface area contributed by atoms with Crippen molar-refractivity contribution in [1.29, 1.82) is 0 Å². The Labute approximate surface area is 161 Å². The van der Waals surface area contributed by atoms with Crippen LogP contribution in [-0.2, 0) is 17.9 Å². The lowest BCUT2D eigenvalue weighted by Crippen LogP contribution is -2.30. The number of amides is 1. The van der Waals surface area contributed by atoms with Gasteiger partial charge in [-0.1, -0.05) is 12.1 Å². The average Bonchev–Trinajstić information content (AvgIpc) is 2.68. The normalized spacial score (nSPS) is 10.7. The Bertz CT molecular complexity index is 1060. The van der Waals surface area contributed by atoms with Crippen LogP contribution in [-0.4, -0.2) is 30.0 Å². The molecule has 1 heterocycles. The molecule has 0 bridgehead atoms. The van der Waals surface area contributed by atoms with E-state index in [2.05, 4.69) is 4.98 Å². The number of nitrogens with zero attached hydrogens (tertiary/aromatic N) is 1. The van der Waals surface area contributed by atoms with Crippen molar-refractivity contribution in [3.63, 3.8) is 0 Å². The minimum Gasteiger partial charge on any atom is -0.493 e. The number of halogens is 1. The summed E-state index contributed by atoms with van der Waals surface area (Å²) in [5.41, 5.74) is 1.54. The molecule has 146 valence electrons. The van der Waals surface area contributed by atoms with E-state index in [0.717, 1.165) is 10.9 Å². The number of pyridine rings is 1. The number of aromatic nitrogens is 1. The Balaban J connectivity index is 1.94. The van der Waals surface area contributed by atoms with E-state index in [1.807, 2.05) is 0 Å². The fourth-order valence-electron chi connectivity index (χ4n) is 2.99. The van der Waals surface area contributed by atoms with E-state index < -0.39 is 0 Å². The summed E-state index contributed by atoms with van der Waals surface area (Å²) in [6, 6.07) is 11.1. The van der Waals surface area contributed by atoms with Crippen LogP contribution in [0.2, 0.25) is 0 Å². The maximum atomic E-state index is 13.1. The first kappa shape index (κ1) is 19.4. The summed E-state index contributed by atoms with van der Waals surface area (Å²) in [6.07, 6.45) is 0. The van der Waals surface area contributed by atoms with Gasteiger partial charge in [-0.15, -0.1) is 0 Å². The standard InChI is InChI=1S/C21H21FN2O4/c1-13(25)24(11-14-4-6-17(22)7-5-14)12-16-8-15-9-19(27-2)20(28-3)10-18(15)23-21(16)26/h4-10H,11-12H2,1-3H3,(H,23,26). The summed E-state index contributed by atoms with van der Waals surface area (Å²) < 4.78 is 23.7.